The molecule has 1 saturated heterocycles. The Morgan fingerprint density at radius 1 is 1.43 bits per heavy atom. The van der Waals surface area contributed by atoms with Gasteiger partial charge in [0.05, 0.1) is 6.61 Å². The highest BCUT2D eigenvalue weighted by Crippen LogP contribution is 2.33. The summed E-state index contributed by atoms with van der Waals surface area (Å²) in [5.74, 6) is 1.27. The molecule has 1 aliphatic heterocycles. The number of hydrogen-bond acceptors (Lipinski definition) is 4. The summed E-state index contributed by atoms with van der Waals surface area (Å²) in [5, 5.41) is 7.81. The van der Waals surface area contributed by atoms with Crippen molar-refractivity contribution in [2.45, 2.75) is 38.6 Å². The Kier molecular flexibility index (Phi) is 4.35. The number of nitrogens with zero attached hydrogens (tertiary/aromatic N) is 3. The van der Waals surface area contributed by atoms with Gasteiger partial charge in [-0.2, -0.15) is 4.98 Å². The van der Waals surface area contributed by atoms with Crippen molar-refractivity contribution in [2.24, 2.45) is 0 Å². The van der Waals surface area contributed by atoms with Crippen LogP contribution >= 0.6 is 0 Å². The Bertz CT molecular complexity index is 677. The molecule has 2 heterocycles. The normalized spacial score (nSPS) is 21.1. The number of nitrogens with one attached hydrogen (secondary N) is 1. The summed E-state index contributed by atoms with van der Waals surface area (Å²) < 4.78 is 21.1. The molecule has 2 aromatic rings. The molecular formula is C17H23FN4O. The highest BCUT2D eigenvalue weighted by atomic mass is 19.1. The summed E-state index contributed by atoms with van der Waals surface area (Å²) in [6, 6.07) is 7.05. The van der Waals surface area contributed by atoms with Crippen molar-refractivity contribution >= 4 is 5.95 Å². The van der Waals surface area contributed by atoms with E-state index in [1.165, 1.54) is 6.07 Å². The van der Waals surface area contributed by atoms with Crippen LogP contribution in [0.15, 0.2) is 24.3 Å². The molecule has 23 heavy (non-hydrogen) atoms. The first kappa shape index (κ1) is 15.9. The Labute approximate surface area is 135 Å². The lowest BCUT2D eigenvalue weighted by Gasteiger charge is -2.28. The van der Waals surface area contributed by atoms with E-state index >= 15 is 0 Å². The third-order valence-electron chi connectivity index (χ3n) is 4.42. The molecule has 1 N–H and O–H groups in total. The molecule has 0 amide bonds. The Morgan fingerprint density at radius 3 is 2.87 bits per heavy atom. The fourth-order valence-corrected chi connectivity index (χ4v) is 3.11. The summed E-state index contributed by atoms with van der Waals surface area (Å²) in [6.45, 7) is 7.98. The van der Waals surface area contributed by atoms with Gasteiger partial charge in [-0.15, -0.1) is 5.10 Å². The summed E-state index contributed by atoms with van der Waals surface area (Å²) in [6.07, 6.45) is 0.854. The van der Waals surface area contributed by atoms with Gasteiger partial charge in [0.15, 0.2) is 0 Å². The van der Waals surface area contributed by atoms with Crippen LogP contribution in [-0.2, 0) is 10.2 Å². The number of benzene rings is 1. The molecule has 1 unspecified atom stereocenters. The topological polar surface area (TPSA) is 52.0 Å². The first-order chi connectivity index (χ1) is 11.0. The molecule has 6 heteroatoms. The smallest absolute Gasteiger partial charge is 0.242 e. The number of hydrogen-bond donors (Lipinski definition) is 1. The van der Waals surface area contributed by atoms with Crippen LogP contribution in [-0.4, -0.2) is 34.5 Å². The third kappa shape index (κ3) is 3.22. The van der Waals surface area contributed by atoms with Gasteiger partial charge in [0, 0.05) is 24.6 Å². The fourth-order valence-electron chi connectivity index (χ4n) is 3.11. The molecule has 0 radical (unpaired) electrons. The van der Waals surface area contributed by atoms with Crippen molar-refractivity contribution in [1.29, 1.82) is 0 Å². The highest BCUT2D eigenvalue weighted by molar-refractivity contribution is 5.33. The van der Waals surface area contributed by atoms with Crippen LogP contribution in [0.2, 0.25) is 0 Å². The van der Waals surface area contributed by atoms with E-state index in [0.717, 1.165) is 17.8 Å². The predicted molar refractivity (Wildman–Crippen MR) is 87.1 cm³/mol. The molecule has 1 aliphatic rings. The maximum Gasteiger partial charge on any atom is 0.242 e. The van der Waals surface area contributed by atoms with E-state index in [4.69, 9.17) is 4.74 Å². The molecule has 124 valence electrons. The SMILES string of the molecule is Cc1nc(NCC2(c3cccc(F)c3)CCOC2)nn1C(C)C. The van der Waals surface area contributed by atoms with E-state index < -0.39 is 0 Å². The van der Waals surface area contributed by atoms with E-state index in [1.54, 1.807) is 12.1 Å². The van der Waals surface area contributed by atoms with Gasteiger partial charge in [0.1, 0.15) is 11.6 Å². The zero-order valence-corrected chi connectivity index (χ0v) is 13.8. The average Bonchev–Trinajstić information content (AvgIpc) is 3.12. The lowest BCUT2D eigenvalue weighted by molar-refractivity contribution is 0.179. The summed E-state index contributed by atoms with van der Waals surface area (Å²) in [5.41, 5.74) is 0.724. The summed E-state index contributed by atoms with van der Waals surface area (Å²) in [4.78, 5) is 4.46. The van der Waals surface area contributed by atoms with Crippen molar-refractivity contribution in [2.75, 3.05) is 25.1 Å². The molecule has 0 spiro atoms. The van der Waals surface area contributed by atoms with Crippen LogP contribution in [0.3, 0.4) is 0 Å². The second-order valence-corrected chi connectivity index (χ2v) is 6.47. The minimum atomic E-state index is -0.237. The summed E-state index contributed by atoms with van der Waals surface area (Å²) in [7, 11) is 0. The van der Waals surface area contributed by atoms with Crippen LogP contribution in [0.5, 0.6) is 0 Å². The van der Waals surface area contributed by atoms with E-state index in [-0.39, 0.29) is 17.3 Å². The Morgan fingerprint density at radius 2 is 2.26 bits per heavy atom. The van der Waals surface area contributed by atoms with Gasteiger partial charge in [0.25, 0.3) is 0 Å². The second-order valence-electron chi connectivity index (χ2n) is 6.47. The van der Waals surface area contributed by atoms with Crippen molar-refractivity contribution in [3.8, 4) is 0 Å². The van der Waals surface area contributed by atoms with Crippen LogP contribution in [0.4, 0.5) is 10.3 Å². The maximum atomic E-state index is 13.6. The van der Waals surface area contributed by atoms with E-state index in [9.17, 15) is 4.39 Å². The van der Waals surface area contributed by atoms with Gasteiger partial charge >= 0.3 is 0 Å². The minimum absolute atomic E-state index is 0.216. The van der Waals surface area contributed by atoms with Gasteiger partial charge in [0.2, 0.25) is 5.95 Å². The van der Waals surface area contributed by atoms with Crippen LogP contribution < -0.4 is 5.32 Å². The maximum absolute atomic E-state index is 13.6. The lowest BCUT2D eigenvalue weighted by Crippen LogP contribution is -2.35. The number of halogens is 1. The van der Waals surface area contributed by atoms with Gasteiger partial charge in [-0.05, 0) is 44.9 Å². The molecule has 1 aromatic carbocycles. The number of ether oxygens (including phenoxy) is 1. The largest absolute Gasteiger partial charge is 0.380 e. The second kappa shape index (κ2) is 6.28. The quantitative estimate of drug-likeness (QED) is 0.920. The summed E-state index contributed by atoms with van der Waals surface area (Å²) >= 11 is 0. The zero-order chi connectivity index (χ0) is 16.4. The highest BCUT2D eigenvalue weighted by Gasteiger charge is 2.37. The standard InChI is InChI=1S/C17H23FN4O/c1-12(2)22-13(3)20-16(21-22)19-10-17(7-8-23-11-17)14-5-4-6-15(18)9-14/h4-6,9,12H,7-8,10-11H2,1-3H3,(H,19,21). The van der Waals surface area contributed by atoms with Gasteiger partial charge in [-0.3, -0.25) is 0 Å². The Hall–Kier alpha value is -1.95. The predicted octanol–water partition coefficient (Wildman–Crippen LogP) is 3.08. The number of rotatable bonds is 5. The van der Waals surface area contributed by atoms with E-state index in [2.05, 4.69) is 29.2 Å². The first-order valence-corrected chi connectivity index (χ1v) is 8.01. The minimum Gasteiger partial charge on any atom is -0.380 e. The van der Waals surface area contributed by atoms with Crippen molar-refractivity contribution in [3.05, 3.63) is 41.5 Å². The molecular weight excluding hydrogens is 295 g/mol. The molecule has 0 saturated carbocycles. The number of aromatic nitrogens is 3. The van der Waals surface area contributed by atoms with Crippen molar-refractivity contribution in [1.82, 2.24) is 14.8 Å². The monoisotopic (exact) mass is 318 g/mol. The number of aryl methyl sites for hydroxylation is 1. The number of anilines is 1. The van der Waals surface area contributed by atoms with Gasteiger partial charge in [-0.25, -0.2) is 9.07 Å². The molecule has 3 rings (SSSR count). The van der Waals surface area contributed by atoms with E-state index in [1.807, 2.05) is 17.7 Å². The van der Waals surface area contributed by atoms with E-state index in [0.29, 0.717) is 25.7 Å². The molecule has 5 nitrogen and oxygen atoms in total. The first-order valence-electron chi connectivity index (χ1n) is 8.01. The molecule has 1 atom stereocenters. The van der Waals surface area contributed by atoms with Crippen molar-refractivity contribution in [3.63, 3.8) is 0 Å². The lowest BCUT2D eigenvalue weighted by atomic mass is 9.79. The van der Waals surface area contributed by atoms with Crippen LogP contribution in [0, 0.1) is 12.7 Å². The zero-order valence-electron chi connectivity index (χ0n) is 13.8. The molecule has 1 fully saturated rings. The molecule has 1 aromatic heterocycles. The Balaban J connectivity index is 1.80. The van der Waals surface area contributed by atoms with Crippen LogP contribution in [0.25, 0.3) is 0 Å². The molecule has 0 bridgehead atoms. The van der Waals surface area contributed by atoms with Crippen LogP contribution in [0.1, 0.15) is 37.7 Å². The third-order valence-corrected chi connectivity index (χ3v) is 4.42. The van der Waals surface area contributed by atoms with Gasteiger partial charge < -0.3 is 10.1 Å². The van der Waals surface area contributed by atoms with Crippen molar-refractivity contribution < 1.29 is 9.13 Å². The average molecular weight is 318 g/mol. The van der Waals surface area contributed by atoms with Gasteiger partial charge in [-0.1, -0.05) is 12.1 Å². The molecule has 0 aliphatic carbocycles. The fraction of sp³-hybridized carbons (Fsp3) is 0.529.